The Labute approximate surface area is 83.3 Å². The standard InChI is InChI=1S/C6H13ClNO3.ClH/c1-4-8(2,3)11-6(9)10-5-7;/h4-5H2,1-3H3;1H/q+1;. The Morgan fingerprint density at radius 1 is 1.50 bits per heavy atom. The van der Waals surface area contributed by atoms with Crippen LogP contribution in [-0.2, 0) is 9.57 Å². The molecule has 0 saturated heterocycles. The number of carbonyl (C=O) groups is 1. The first-order valence-corrected chi connectivity index (χ1v) is 3.80. The smallest absolute Gasteiger partial charge is 0.414 e. The molecule has 6 heteroatoms. The van der Waals surface area contributed by atoms with Crippen molar-refractivity contribution in [2.75, 3.05) is 26.7 Å². The van der Waals surface area contributed by atoms with E-state index in [1.165, 1.54) is 0 Å². The zero-order valence-corrected chi connectivity index (χ0v) is 8.94. The summed E-state index contributed by atoms with van der Waals surface area (Å²) in [5.74, 6) is 0. The molecule has 0 fully saturated rings. The molecule has 0 atom stereocenters. The predicted octanol–water partition coefficient (Wildman–Crippen LogP) is 1.77. The van der Waals surface area contributed by atoms with Gasteiger partial charge in [-0.05, 0) is 6.92 Å². The zero-order chi connectivity index (χ0) is 8.91. The van der Waals surface area contributed by atoms with Crippen LogP contribution in [0.5, 0.6) is 0 Å². The maximum absolute atomic E-state index is 10.7. The summed E-state index contributed by atoms with van der Waals surface area (Å²) in [7, 11) is 3.49. The molecular formula is C6H14Cl2NO3+. The highest BCUT2D eigenvalue weighted by Gasteiger charge is 2.20. The van der Waals surface area contributed by atoms with Crippen LogP contribution in [0.25, 0.3) is 0 Å². The number of ether oxygens (including phenoxy) is 1. The lowest BCUT2D eigenvalue weighted by molar-refractivity contribution is -1.06. The number of alkyl halides is 1. The number of carbonyl (C=O) groups excluding carboxylic acids is 1. The quantitative estimate of drug-likeness (QED) is 0.314. The van der Waals surface area contributed by atoms with Crippen molar-refractivity contribution in [1.82, 2.24) is 0 Å². The molecule has 0 heterocycles. The van der Waals surface area contributed by atoms with E-state index in [4.69, 9.17) is 16.4 Å². The summed E-state index contributed by atoms with van der Waals surface area (Å²) in [6, 6.07) is -0.178. The first-order chi connectivity index (χ1) is 5.02. The molecule has 0 aliphatic heterocycles. The highest BCUT2D eigenvalue weighted by molar-refractivity contribution is 6.17. The third-order valence-corrected chi connectivity index (χ3v) is 1.36. The number of hydrogen-bond donors (Lipinski definition) is 0. The molecule has 0 bridgehead atoms. The molecule has 0 aromatic rings. The average molecular weight is 219 g/mol. The first kappa shape index (κ1) is 14.3. The summed E-state index contributed by atoms with van der Waals surface area (Å²) >= 11 is 5.14. The SMILES string of the molecule is CC[N+](C)(C)OC(=O)OCCl.Cl. The largest absolute Gasteiger partial charge is 0.560 e. The third-order valence-electron chi connectivity index (χ3n) is 1.26. The van der Waals surface area contributed by atoms with E-state index in [0.717, 1.165) is 0 Å². The molecule has 0 saturated carbocycles. The van der Waals surface area contributed by atoms with Crippen LogP contribution in [0.2, 0.25) is 0 Å². The van der Waals surface area contributed by atoms with Crippen molar-refractivity contribution in [3.8, 4) is 0 Å². The number of hydroxylamine groups is 3. The van der Waals surface area contributed by atoms with Gasteiger partial charge in [-0.3, -0.25) is 0 Å². The lowest BCUT2D eigenvalue weighted by Gasteiger charge is -2.22. The first-order valence-electron chi connectivity index (χ1n) is 3.27. The van der Waals surface area contributed by atoms with Crippen LogP contribution in [0.1, 0.15) is 6.92 Å². The monoisotopic (exact) mass is 218 g/mol. The molecule has 0 amide bonds. The van der Waals surface area contributed by atoms with E-state index in [-0.39, 0.29) is 23.1 Å². The van der Waals surface area contributed by atoms with Crippen molar-refractivity contribution >= 4 is 30.2 Å². The number of hydrogen-bond acceptors (Lipinski definition) is 3. The van der Waals surface area contributed by atoms with Crippen LogP contribution in [0.3, 0.4) is 0 Å². The molecular weight excluding hydrogens is 205 g/mol. The Morgan fingerprint density at radius 2 is 2.00 bits per heavy atom. The van der Waals surface area contributed by atoms with Crippen molar-refractivity contribution < 1.29 is 19.0 Å². The molecule has 4 nitrogen and oxygen atoms in total. The molecule has 0 aliphatic carbocycles. The number of rotatable bonds is 3. The van der Waals surface area contributed by atoms with Gasteiger partial charge >= 0.3 is 6.16 Å². The molecule has 0 radical (unpaired) electrons. The van der Waals surface area contributed by atoms with E-state index in [9.17, 15) is 4.79 Å². The summed E-state index contributed by atoms with van der Waals surface area (Å²) in [4.78, 5) is 15.5. The minimum Gasteiger partial charge on any atom is -0.414 e. The second-order valence-electron chi connectivity index (χ2n) is 2.48. The van der Waals surface area contributed by atoms with Crippen molar-refractivity contribution in [2.24, 2.45) is 0 Å². The molecule has 0 aromatic heterocycles. The number of nitrogens with zero attached hydrogens (tertiary/aromatic N) is 1. The summed E-state index contributed by atoms with van der Waals surface area (Å²) in [6.07, 6.45) is -0.744. The van der Waals surface area contributed by atoms with Gasteiger partial charge < -0.3 is 4.74 Å². The lowest BCUT2D eigenvalue weighted by Crippen LogP contribution is -2.41. The van der Waals surface area contributed by atoms with Crippen LogP contribution in [-0.4, -0.2) is 37.5 Å². The second-order valence-corrected chi connectivity index (χ2v) is 2.70. The lowest BCUT2D eigenvalue weighted by atomic mass is 10.7. The summed E-state index contributed by atoms with van der Waals surface area (Å²) < 4.78 is 4.50. The molecule has 0 N–H and O–H groups in total. The Hall–Kier alpha value is -0.190. The van der Waals surface area contributed by atoms with Gasteiger partial charge in [0.2, 0.25) is 0 Å². The van der Waals surface area contributed by atoms with Gasteiger partial charge in [0, 0.05) is 0 Å². The summed E-state index contributed by atoms with van der Waals surface area (Å²) in [5, 5.41) is 0. The van der Waals surface area contributed by atoms with Gasteiger partial charge in [-0.25, -0.2) is 4.84 Å². The molecule has 12 heavy (non-hydrogen) atoms. The van der Waals surface area contributed by atoms with Crippen LogP contribution in [0, 0.1) is 0 Å². The van der Waals surface area contributed by atoms with Gasteiger partial charge in [0.05, 0.1) is 0 Å². The van der Waals surface area contributed by atoms with Crippen molar-refractivity contribution in [3.05, 3.63) is 0 Å². The minimum absolute atomic E-state index is 0. The van der Waals surface area contributed by atoms with E-state index in [0.29, 0.717) is 6.54 Å². The maximum Gasteiger partial charge on any atom is 0.560 e. The van der Waals surface area contributed by atoms with Crippen molar-refractivity contribution in [1.29, 1.82) is 0 Å². The molecule has 0 aromatic carbocycles. The van der Waals surface area contributed by atoms with E-state index < -0.39 is 6.16 Å². The highest BCUT2D eigenvalue weighted by Crippen LogP contribution is 2.00. The van der Waals surface area contributed by atoms with E-state index in [1.54, 1.807) is 14.1 Å². The van der Waals surface area contributed by atoms with Crippen molar-refractivity contribution in [3.63, 3.8) is 0 Å². The van der Waals surface area contributed by atoms with Crippen LogP contribution >= 0.6 is 24.0 Å². The molecule has 74 valence electrons. The van der Waals surface area contributed by atoms with Crippen LogP contribution in [0.4, 0.5) is 4.79 Å². The number of halogens is 2. The molecule has 0 spiro atoms. The van der Waals surface area contributed by atoms with E-state index >= 15 is 0 Å². The normalized spacial score (nSPS) is 10.0. The van der Waals surface area contributed by atoms with Gasteiger partial charge in [0.15, 0.2) is 6.07 Å². The molecule has 0 aliphatic rings. The maximum atomic E-state index is 10.7. The second kappa shape index (κ2) is 6.34. The van der Waals surface area contributed by atoms with E-state index in [2.05, 4.69) is 4.74 Å². The Morgan fingerprint density at radius 3 is 2.33 bits per heavy atom. The fourth-order valence-electron chi connectivity index (χ4n) is 0.337. The zero-order valence-electron chi connectivity index (χ0n) is 7.37. The van der Waals surface area contributed by atoms with E-state index in [1.807, 2.05) is 6.92 Å². The van der Waals surface area contributed by atoms with Gasteiger partial charge in [0.1, 0.15) is 20.6 Å². The van der Waals surface area contributed by atoms with Crippen molar-refractivity contribution in [2.45, 2.75) is 6.92 Å². The Balaban J connectivity index is 0. The third kappa shape index (κ3) is 6.52. The fourth-order valence-corrected chi connectivity index (χ4v) is 0.426. The average Bonchev–Trinajstić information content (AvgIpc) is 1.87. The summed E-state index contributed by atoms with van der Waals surface area (Å²) in [5.41, 5.74) is 0. The Kier molecular flexibility index (Phi) is 7.58. The van der Waals surface area contributed by atoms with Gasteiger partial charge in [-0.1, -0.05) is 11.6 Å². The van der Waals surface area contributed by atoms with Crippen LogP contribution < -0.4 is 0 Å². The summed E-state index contributed by atoms with van der Waals surface area (Å²) in [6.45, 7) is 2.57. The van der Waals surface area contributed by atoms with Gasteiger partial charge in [-0.2, -0.15) is 4.79 Å². The number of quaternary nitrogens is 1. The fraction of sp³-hybridized carbons (Fsp3) is 0.833. The van der Waals surface area contributed by atoms with Gasteiger partial charge in [0.25, 0.3) is 0 Å². The molecule has 0 unspecified atom stereocenters. The predicted molar refractivity (Wildman–Crippen MR) is 48.2 cm³/mol. The molecule has 0 rings (SSSR count). The Bertz CT molecular complexity index is 141. The minimum atomic E-state index is -0.744. The van der Waals surface area contributed by atoms with Crippen LogP contribution in [0.15, 0.2) is 0 Å². The highest BCUT2D eigenvalue weighted by atomic mass is 35.5. The topological polar surface area (TPSA) is 35.5 Å². The van der Waals surface area contributed by atoms with Gasteiger partial charge in [-0.15, -0.1) is 17.1 Å².